The number of hydrogen-bond donors (Lipinski definition) is 1. The first-order valence-corrected chi connectivity index (χ1v) is 7.22. The molecule has 0 saturated heterocycles. The van der Waals surface area contributed by atoms with Gasteiger partial charge in [-0.1, -0.05) is 35.9 Å². The molecule has 116 valence electrons. The van der Waals surface area contributed by atoms with E-state index in [1.165, 1.54) is 4.90 Å². The Morgan fingerprint density at radius 2 is 1.86 bits per heavy atom. The molecule has 2 aromatic rings. The molecule has 1 atom stereocenters. The van der Waals surface area contributed by atoms with Gasteiger partial charge in [-0.25, -0.2) is 0 Å². The molecular weight excluding hydrogens is 302 g/mol. The van der Waals surface area contributed by atoms with Gasteiger partial charge in [-0.3, -0.25) is 4.79 Å². The van der Waals surface area contributed by atoms with Gasteiger partial charge in [0.25, 0.3) is 5.91 Å². The lowest BCUT2D eigenvalue weighted by molar-refractivity contribution is 0.0658. The highest BCUT2D eigenvalue weighted by atomic mass is 35.5. The summed E-state index contributed by atoms with van der Waals surface area (Å²) in [6.45, 7) is -0.182. The molecule has 5 heteroatoms. The van der Waals surface area contributed by atoms with Gasteiger partial charge in [0.15, 0.2) is 0 Å². The van der Waals surface area contributed by atoms with E-state index in [2.05, 4.69) is 0 Å². The van der Waals surface area contributed by atoms with Crippen molar-refractivity contribution in [3.63, 3.8) is 0 Å². The molecule has 0 aromatic heterocycles. The van der Waals surface area contributed by atoms with E-state index in [0.717, 1.165) is 11.3 Å². The first-order chi connectivity index (χ1) is 10.6. The Labute approximate surface area is 134 Å². The van der Waals surface area contributed by atoms with Crippen molar-refractivity contribution in [3.05, 3.63) is 64.7 Å². The Balaban J connectivity index is 2.26. The number of hydrogen-bond acceptors (Lipinski definition) is 3. The molecule has 0 aliphatic carbocycles. The maximum atomic E-state index is 12.6. The second-order valence-corrected chi connectivity index (χ2v) is 5.27. The average molecular weight is 320 g/mol. The summed E-state index contributed by atoms with van der Waals surface area (Å²) in [5.74, 6) is 0.487. The number of amides is 1. The number of halogens is 1. The van der Waals surface area contributed by atoms with E-state index < -0.39 is 6.04 Å². The number of benzene rings is 2. The number of ether oxygens (including phenoxy) is 1. The van der Waals surface area contributed by atoms with Crippen molar-refractivity contribution in [1.29, 1.82) is 0 Å². The number of carbonyl (C=O) groups is 1. The first kappa shape index (κ1) is 16.3. The van der Waals surface area contributed by atoms with E-state index >= 15 is 0 Å². The first-order valence-electron chi connectivity index (χ1n) is 6.85. The molecule has 2 aromatic carbocycles. The minimum absolute atomic E-state index is 0.182. The lowest BCUT2D eigenvalue weighted by atomic mass is 10.0. The summed E-state index contributed by atoms with van der Waals surface area (Å²) < 4.78 is 5.12. The van der Waals surface area contributed by atoms with E-state index in [1.807, 2.05) is 12.1 Å². The lowest BCUT2D eigenvalue weighted by Gasteiger charge is -2.27. The fourth-order valence-electron chi connectivity index (χ4n) is 2.24. The van der Waals surface area contributed by atoms with Gasteiger partial charge in [-0.15, -0.1) is 0 Å². The van der Waals surface area contributed by atoms with E-state index in [1.54, 1.807) is 50.6 Å². The minimum Gasteiger partial charge on any atom is -0.497 e. The summed E-state index contributed by atoms with van der Waals surface area (Å²) >= 11 is 6.07. The van der Waals surface area contributed by atoms with Crippen molar-refractivity contribution in [2.24, 2.45) is 0 Å². The van der Waals surface area contributed by atoms with Crippen molar-refractivity contribution in [2.45, 2.75) is 6.04 Å². The third-order valence-corrected chi connectivity index (χ3v) is 3.90. The highest BCUT2D eigenvalue weighted by Gasteiger charge is 2.23. The summed E-state index contributed by atoms with van der Waals surface area (Å²) in [5, 5.41) is 10.1. The van der Waals surface area contributed by atoms with E-state index in [0.29, 0.717) is 10.6 Å². The quantitative estimate of drug-likeness (QED) is 0.921. The van der Waals surface area contributed by atoms with Crippen LogP contribution in [-0.2, 0) is 0 Å². The molecule has 0 heterocycles. The van der Waals surface area contributed by atoms with Crippen LogP contribution in [0.25, 0.3) is 0 Å². The van der Waals surface area contributed by atoms with Gasteiger partial charge < -0.3 is 14.7 Å². The SMILES string of the molecule is COc1ccc([C@@H](CO)N(C)C(=O)c2ccccc2Cl)cc1. The molecule has 2 rings (SSSR count). The van der Waals surface area contributed by atoms with Gasteiger partial charge in [0, 0.05) is 7.05 Å². The van der Waals surface area contributed by atoms with Gasteiger partial charge in [0.1, 0.15) is 5.75 Å². The van der Waals surface area contributed by atoms with Crippen LogP contribution in [-0.4, -0.2) is 36.7 Å². The molecule has 0 saturated carbocycles. The molecule has 0 bridgehead atoms. The monoisotopic (exact) mass is 319 g/mol. The fraction of sp³-hybridized carbons (Fsp3) is 0.235. The number of rotatable bonds is 5. The number of aliphatic hydroxyl groups excluding tert-OH is 1. The summed E-state index contributed by atoms with van der Waals surface area (Å²) in [5.41, 5.74) is 1.24. The van der Waals surface area contributed by atoms with Crippen LogP contribution >= 0.6 is 11.6 Å². The number of carbonyl (C=O) groups excluding carboxylic acids is 1. The Kier molecular flexibility index (Phi) is 5.41. The van der Waals surface area contributed by atoms with Crippen LogP contribution in [0.1, 0.15) is 22.0 Å². The molecule has 0 radical (unpaired) electrons. The minimum atomic E-state index is -0.449. The van der Waals surface area contributed by atoms with Crippen LogP contribution < -0.4 is 4.74 Å². The molecular formula is C17H18ClNO3. The predicted molar refractivity (Wildman–Crippen MR) is 86.4 cm³/mol. The lowest BCUT2D eigenvalue weighted by Crippen LogP contribution is -2.33. The molecule has 0 spiro atoms. The fourth-order valence-corrected chi connectivity index (χ4v) is 2.46. The summed E-state index contributed by atoms with van der Waals surface area (Å²) in [6.07, 6.45) is 0. The van der Waals surface area contributed by atoms with Gasteiger partial charge in [0.05, 0.1) is 30.3 Å². The topological polar surface area (TPSA) is 49.8 Å². The van der Waals surface area contributed by atoms with Crippen molar-refractivity contribution < 1.29 is 14.6 Å². The Bertz CT molecular complexity index is 643. The molecule has 22 heavy (non-hydrogen) atoms. The number of methoxy groups -OCH3 is 1. The van der Waals surface area contributed by atoms with Gasteiger partial charge >= 0.3 is 0 Å². The van der Waals surface area contributed by atoms with E-state index in [9.17, 15) is 9.90 Å². The standard InChI is InChI=1S/C17H18ClNO3/c1-19(17(21)14-5-3-4-6-15(14)18)16(11-20)12-7-9-13(22-2)10-8-12/h3-10,16,20H,11H2,1-2H3/t16-/m1/s1. The second-order valence-electron chi connectivity index (χ2n) is 4.87. The zero-order chi connectivity index (χ0) is 16.1. The normalized spacial score (nSPS) is 11.8. The third-order valence-electron chi connectivity index (χ3n) is 3.57. The molecule has 1 amide bonds. The van der Waals surface area contributed by atoms with Crippen LogP contribution in [0.2, 0.25) is 5.02 Å². The van der Waals surface area contributed by atoms with Gasteiger partial charge in [-0.05, 0) is 29.8 Å². The molecule has 0 aliphatic heterocycles. The van der Waals surface area contributed by atoms with Crippen LogP contribution in [0.3, 0.4) is 0 Å². The predicted octanol–water partition coefficient (Wildman–Crippen LogP) is 3.15. The summed E-state index contributed by atoms with van der Waals surface area (Å²) in [4.78, 5) is 14.1. The summed E-state index contributed by atoms with van der Waals surface area (Å²) in [7, 11) is 3.24. The molecule has 0 aliphatic rings. The molecule has 0 unspecified atom stereocenters. The van der Waals surface area contributed by atoms with Crippen molar-refractivity contribution >= 4 is 17.5 Å². The van der Waals surface area contributed by atoms with E-state index in [-0.39, 0.29) is 12.5 Å². The zero-order valence-corrected chi connectivity index (χ0v) is 13.2. The number of nitrogens with zero attached hydrogens (tertiary/aromatic N) is 1. The molecule has 0 fully saturated rings. The highest BCUT2D eigenvalue weighted by Crippen LogP contribution is 2.25. The number of likely N-dealkylation sites (N-methyl/N-ethyl adjacent to an activating group) is 1. The van der Waals surface area contributed by atoms with Crippen LogP contribution in [0.4, 0.5) is 0 Å². The highest BCUT2D eigenvalue weighted by molar-refractivity contribution is 6.33. The average Bonchev–Trinajstić information content (AvgIpc) is 2.56. The van der Waals surface area contributed by atoms with Crippen LogP contribution in [0, 0.1) is 0 Å². The van der Waals surface area contributed by atoms with Gasteiger partial charge in [-0.2, -0.15) is 0 Å². The Hall–Kier alpha value is -2.04. The van der Waals surface area contributed by atoms with Crippen LogP contribution in [0.5, 0.6) is 5.75 Å². The van der Waals surface area contributed by atoms with Crippen molar-refractivity contribution in [1.82, 2.24) is 4.90 Å². The number of aliphatic hydroxyl groups is 1. The van der Waals surface area contributed by atoms with Crippen LogP contribution in [0.15, 0.2) is 48.5 Å². The molecule has 4 nitrogen and oxygen atoms in total. The van der Waals surface area contributed by atoms with Crippen molar-refractivity contribution in [3.8, 4) is 5.75 Å². The Morgan fingerprint density at radius 3 is 2.41 bits per heavy atom. The third kappa shape index (κ3) is 3.40. The summed E-state index contributed by atoms with van der Waals surface area (Å²) in [6, 6.07) is 13.7. The van der Waals surface area contributed by atoms with E-state index in [4.69, 9.17) is 16.3 Å². The second kappa shape index (κ2) is 7.29. The smallest absolute Gasteiger partial charge is 0.255 e. The maximum absolute atomic E-state index is 12.6. The zero-order valence-electron chi connectivity index (χ0n) is 12.5. The van der Waals surface area contributed by atoms with Crippen molar-refractivity contribution in [2.75, 3.05) is 20.8 Å². The maximum Gasteiger partial charge on any atom is 0.255 e. The molecule has 1 N–H and O–H groups in total. The van der Waals surface area contributed by atoms with Gasteiger partial charge in [0.2, 0.25) is 0 Å². The largest absolute Gasteiger partial charge is 0.497 e. The Morgan fingerprint density at radius 1 is 1.23 bits per heavy atom.